The SMILES string of the molecule is CNS(=O)(=O)c1ccc(C(=O)NCCCCCCC(C)C)cc1. The molecule has 0 aliphatic heterocycles. The Bertz CT molecular complexity index is 580. The number of amides is 1. The van der Waals surface area contributed by atoms with E-state index in [-0.39, 0.29) is 10.8 Å². The number of nitrogens with one attached hydrogen (secondary N) is 2. The van der Waals surface area contributed by atoms with Crippen molar-refractivity contribution in [3.8, 4) is 0 Å². The van der Waals surface area contributed by atoms with E-state index < -0.39 is 10.0 Å². The number of hydrogen-bond donors (Lipinski definition) is 2. The second-order valence-corrected chi connectivity index (χ2v) is 7.97. The van der Waals surface area contributed by atoms with Crippen LogP contribution in [0.3, 0.4) is 0 Å². The molecule has 1 amide bonds. The van der Waals surface area contributed by atoms with E-state index in [4.69, 9.17) is 0 Å². The third-order valence-corrected chi connectivity index (χ3v) is 5.12. The average Bonchev–Trinajstić information content (AvgIpc) is 2.53. The van der Waals surface area contributed by atoms with Gasteiger partial charge in [0.25, 0.3) is 5.91 Å². The van der Waals surface area contributed by atoms with Crippen molar-refractivity contribution in [3.63, 3.8) is 0 Å². The Balaban J connectivity index is 2.33. The van der Waals surface area contributed by atoms with Crippen molar-refractivity contribution in [2.24, 2.45) is 5.92 Å². The van der Waals surface area contributed by atoms with Crippen LogP contribution in [-0.2, 0) is 10.0 Å². The standard InChI is InChI=1S/C17H28N2O3S/c1-14(2)8-6-4-5-7-13-19-17(20)15-9-11-16(12-10-15)23(21,22)18-3/h9-12,14,18H,4-8,13H2,1-3H3,(H,19,20). The molecule has 0 heterocycles. The molecule has 0 saturated carbocycles. The molecule has 0 unspecified atom stereocenters. The van der Waals surface area contributed by atoms with Crippen LogP contribution >= 0.6 is 0 Å². The molecule has 1 aromatic carbocycles. The van der Waals surface area contributed by atoms with Crippen LogP contribution in [0.4, 0.5) is 0 Å². The van der Waals surface area contributed by atoms with E-state index >= 15 is 0 Å². The summed E-state index contributed by atoms with van der Waals surface area (Å²) >= 11 is 0. The van der Waals surface area contributed by atoms with Crippen LogP contribution in [-0.4, -0.2) is 27.9 Å². The third-order valence-electron chi connectivity index (χ3n) is 3.69. The molecule has 2 N–H and O–H groups in total. The highest BCUT2D eigenvalue weighted by atomic mass is 32.2. The van der Waals surface area contributed by atoms with Gasteiger partial charge in [0.15, 0.2) is 0 Å². The number of benzene rings is 1. The summed E-state index contributed by atoms with van der Waals surface area (Å²) in [5.41, 5.74) is 0.472. The van der Waals surface area contributed by atoms with Crippen LogP contribution in [0.2, 0.25) is 0 Å². The number of carbonyl (C=O) groups is 1. The fourth-order valence-corrected chi connectivity index (χ4v) is 2.97. The quantitative estimate of drug-likeness (QED) is 0.643. The highest BCUT2D eigenvalue weighted by Crippen LogP contribution is 2.11. The first-order chi connectivity index (χ1) is 10.9. The maximum absolute atomic E-state index is 12.0. The summed E-state index contributed by atoms with van der Waals surface area (Å²) in [4.78, 5) is 12.1. The minimum atomic E-state index is -3.46. The van der Waals surface area contributed by atoms with Crippen molar-refractivity contribution < 1.29 is 13.2 Å². The molecule has 0 atom stereocenters. The van der Waals surface area contributed by atoms with Gasteiger partial charge in [-0.1, -0.05) is 39.5 Å². The first kappa shape index (κ1) is 19.6. The zero-order chi connectivity index (χ0) is 17.3. The van der Waals surface area contributed by atoms with Gasteiger partial charge in [-0.15, -0.1) is 0 Å². The van der Waals surface area contributed by atoms with E-state index in [9.17, 15) is 13.2 Å². The predicted molar refractivity (Wildman–Crippen MR) is 92.9 cm³/mol. The van der Waals surface area contributed by atoms with Gasteiger partial charge in [0.05, 0.1) is 4.90 Å². The predicted octanol–water partition coefficient (Wildman–Crippen LogP) is 2.93. The van der Waals surface area contributed by atoms with Crippen LogP contribution in [0.25, 0.3) is 0 Å². The third kappa shape index (κ3) is 7.14. The zero-order valence-electron chi connectivity index (χ0n) is 14.3. The fourth-order valence-electron chi connectivity index (χ4n) is 2.24. The Morgan fingerprint density at radius 3 is 2.22 bits per heavy atom. The van der Waals surface area contributed by atoms with Gasteiger partial charge in [0, 0.05) is 12.1 Å². The molecule has 0 radical (unpaired) electrons. The first-order valence-electron chi connectivity index (χ1n) is 8.18. The fraction of sp³-hybridized carbons (Fsp3) is 0.588. The molecule has 6 heteroatoms. The molecule has 0 aliphatic rings. The smallest absolute Gasteiger partial charge is 0.251 e. The van der Waals surface area contributed by atoms with Crippen LogP contribution in [0.1, 0.15) is 56.3 Å². The molecule has 23 heavy (non-hydrogen) atoms. The second-order valence-electron chi connectivity index (χ2n) is 6.08. The van der Waals surface area contributed by atoms with Crippen molar-refractivity contribution >= 4 is 15.9 Å². The topological polar surface area (TPSA) is 75.3 Å². The maximum atomic E-state index is 12.0. The van der Waals surface area contributed by atoms with Crippen LogP contribution < -0.4 is 10.0 Å². The lowest BCUT2D eigenvalue weighted by atomic mass is 10.0. The van der Waals surface area contributed by atoms with Crippen LogP contribution in [0, 0.1) is 5.92 Å². The maximum Gasteiger partial charge on any atom is 0.251 e. The van der Waals surface area contributed by atoms with Crippen molar-refractivity contribution in [3.05, 3.63) is 29.8 Å². The zero-order valence-corrected chi connectivity index (χ0v) is 15.1. The Hall–Kier alpha value is -1.40. The highest BCUT2D eigenvalue weighted by Gasteiger charge is 2.12. The summed E-state index contributed by atoms with van der Waals surface area (Å²) < 4.78 is 25.5. The van der Waals surface area contributed by atoms with Gasteiger partial charge in [-0.3, -0.25) is 4.79 Å². The number of unbranched alkanes of at least 4 members (excludes halogenated alkanes) is 3. The van der Waals surface area contributed by atoms with Crippen molar-refractivity contribution in [2.75, 3.05) is 13.6 Å². The highest BCUT2D eigenvalue weighted by molar-refractivity contribution is 7.89. The second kappa shape index (κ2) is 9.67. The summed E-state index contributed by atoms with van der Waals surface area (Å²) in [6, 6.07) is 5.93. The molecule has 0 spiro atoms. The summed E-state index contributed by atoms with van der Waals surface area (Å²) in [7, 11) is -2.10. The van der Waals surface area contributed by atoms with E-state index in [2.05, 4.69) is 23.9 Å². The molecule has 1 aromatic rings. The molecule has 0 aromatic heterocycles. The molecule has 0 fully saturated rings. The molecular formula is C17H28N2O3S. The van der Waals surface area contributed by atoms with E-state index in [1.165, 1.54) is 50.6 Å². The summed E-state index contributed by atoms with van der Waals surface area (Å²) in [6.45, 7) is 5.11. The summed E-state index contributed by atoms with van der Waals surface area (Å²) in [5, 5.41) is 2.87. The van der Waals surface area contributed by atoms with Crippen molar-refractivity contribution in [1.82, 2.24) is 10.0 Å². The number of carbonyl (C=O) groups excluding carboxylic acids is 1. The van der Waals surface area contributed by atoms with E-state index in [1.54, 1.807) is 0 Å². The van der Waals surface area contributed by atoms with E-state index in [1.807, 2.05) is 0 Å². The molecule has 0 bridgehead atoms. The lowest BCUT2D eigenvalue weighted by Crippen LogP contribution is -2.24. The van der Waals surface area contributed by atoms with Crippen LogP contribution in [0.5, 0.6) is 0 Å². The molecule has 0 aliphatic carbocycles. The average molecular weight is 340 g/mol. The Kier molecular flexibility index (Phi) is 8.26. The lowest BCUT2D eigenvalue weighted by Gasteiger charge is -2.07. The molecular weight excluding hydrogens is 312 g/mol. The van der Waals surface area contributed by atoms with E-state index in [0.717, 1.165) is 18.8 Å². The number of sulfonamides is 1. The van der Waals surface area contributed by atoms with Crippen molar-refractivity contribution in [2.45, 2.75) is 50.8 Å². The molecule has 0 saturated heterocycles. The van der Waals surface area contributed by atoms with E-state index in [0.29, 0.717) is 12.1 Å². The van der Waals surface area contributed by atoms with Gasteiger partial charge in [-0.2, -0.15) is 0 Å². The van der Waals surface area contributed by atoms with Crippen molar-refractivity contribution in [1.29, 1.82) is 0 Å². The monoisotopic (exact) mass is 340 g/mol. The summed E-state index contributed by atoms with van der Waals surface area (Å²) in [5.74, 6) is 0.588. The minimum absolute atomic E-state index is 0.154. The largest absolute Gasteiger partial charge is 0.352 e. The van der Waals surface area contributed by atoms with Gasteiger partial charge >= 0.3 is 0 Å². The molecule has 1 rings (SSSR count). The van der Waals surface area contributed by atoms with Gasteiger partial charge in [-0.05, 0) is 43.7 Å². The normalized spacial score (nSPS) is 11.7. The number of hydrogen-bond acceptors (Lipinski definition) is 3. The summed E-state index contributed by atoms with van der Waals surface area (Å²) in [6.07, 6.45) is 5.79. The van der Waals surface area contributed by atoms with Gasteiger partial charge in [-0.25, -0.2) is 13.1 Å². The van der Waals surface area contributed by atoms with Crippen LogP contribution in [0.15, 0.2) is 29.2 Å². The Labute approximate surface area is 139 Å². The van der Waals surface area contributed by atoms with Gasteiger partial charge < -0.3 is 5.32 Å². The number of rotatable bonds is 10. The molecule has 5 nitrogen and oxygen atoms in total. The molecule has 130 valence electrons. The minimum Gasteiger partial charge on any atom is -0.352 e. The van der Waals surface area contributed by atoms with Gasteiger partial charge in [0.2, 0.25) is 10.0 Å². The Morgan fingerprint density at radius 2 is 1.65 bits per heavy atom. The Morgan fingerprint density at radius 1 is 1.04 bits per heavy atom. The van der Waals surface area contributed by atoms with Gasteiger partial charge in [0.1, 0.15) is 0 Å². The lowest BCUT2D eigenvalue weighted by molar-refractivity contribution is 0.0953. The first-order valence-corrected chi connectivity index (χ1v) is 9.67.